The lowest BCUT2D eigenvalue weighted by Crippen LogP contribution is -2.42. The second-order valence-corrected chi connectivity index (χ2v) is 4.94. The molecule has 4 heteroatoms. The summed E-state index contributed by atoms with van der Waals surface area (Å²) in [6.07, 6.45) is 4.47. The van der Waals surface area contributed by atoms with Gasteiger partial charge in [-0.1, -0.05) is 6.07 Å². The Morgan fingerprint density at radius 1 is 1.56 bits per heavy atom. The molecule has 1 aliphatic heterocycles. The predicted octanol–water partition coefficient (Wildman–Crippen LogP) is 1.13. The second-order valence-electron chi connectivity index (χ2n) is 4.94. The first kappa shape index (κ1) is 13.0. The fourth-order valence-corrected chi connectivity index (χ4v) is 2.37. The van der Waals surface area contributed by atoms with Crippen molar-refractivity contribution in [2.24, 2.45) is 5.92 Å². The van der Waals surface area contributed by atoms with E-state index >= 15 is 0 Å². The van der Waals surface area contributed by atoms with Gasteiger partial charge in [0.25, 0.3) is 0 Å². The van der Waals surface area contributed by atoms with E-state index in [1.807, 2.05) is 18.2 Å². The van der Waals surface area contributed by atoms with Gasteiger partial charge in [-0.15, -0.1) is 0 Å². The summed E-state index contributed by atoms with van der Waals surface area (Å²) in [4.78, 5) is 16.2. The summed E-state index contributed by atoms with van der Waals surface area (Å²) in [7, 11) is 0. The van der Waals surface area contributed by atoms with Crippen LogP contribution < -0.4 is 10.6 Å². The van der Waals surface area contributed by atoms with E-state index < -0.39 is 0 Å². The van der Waals surface area contributed by atoms with Gasteiger partial charge in [-0.05, 0) is 38.4 Å². The van der Waals surface area contributed by atoms with E-state index in [0.29, 0.717) is 12.6 Å². The average Bonchev–Trinajstić information content (AvgIpc) is 2.40. The molecule has 2 rings (SSSR count). The highest BCUT2D eigenvalue weighted by Gasteiger charge is 2.24. The molecule has 0 aromatic carbocycles. The van der Waals surface area contributed by atoms with E-state index in [9.17, 15) is 4.79 Å². The number of hydrogen-bond donors (Lipinski definition) is 2. The fourth-order valence-electron chi connectivity index (χ4n) is 2.37. The van der Waals surface area contributed by atoms with Gasteiger partial charge in [0.1, 0.15) is 0 Å². The van der Waals surface area contributed by atoms with Crippen LogP contribution in [0.25, 0.3) is 0 Å². The smallest absolute Gasteiger partial charge is 0.223 e. The molecule has 2 N–H and O–H groups in total. The summed E-state index contributed by atoms with van der Waals surface area (Å²) < 4.78 is 0. The predicted molar refractivity (Wildman–Crippen MR) is 71.1 cm³/mol. The number of rotatable bonds is 4. The van der Waals surface area contributed by atoms with Crippen molar-refractivity contribution in [3.8, 4) is 0 Å². The van der Waals surface area contributed by atoms with Crippen LogP contribution in [0.5, 0.6) is 0 Å². The number of nitrogens with one attached hydrogen (secondary N) is 2. The zero-order chi connectivity index (χ0) is 12.8. The van der Waals surface area contributed by atoms with Crippen molar-refractivity contribution in [3.05, 3.63) is 30.1 Å². The zero-order valence-electron chi connectivity index (χ0n) is 10.9. The van der Waals surface area contributed by atoms with E-state index in [0.717, 1.165) is 31.5 Å². The summed E-state index contributed by atoms with van der Waals surface area (Å²) >= 11 is 0. The minimum Gasteiger partial charge on any atom is -0.355 e. The van der Waals surface area contributed by atoms with Crippen molar-refractivity contribution in [2.45, 2.75) is 32.2 Å². The maximum Gasteiger partial charge on any atom is 0.223 e. The monoisotopic (exact) mass is 247 g/mol. The van der Waals surface area contributed by atoms with Gasteiger partial charge in [0.05, 0.1) is 0 Å². The van der Waals surface area contributed by atoms with Gasteiger partial charge in [-0.25, -0.2) is 0 Å². The lowest BCUT2D eigenvalue weighted by molar-refractivity contribution is -0.126. The Hall–Kier alpha value is -1.42. The Bertz CT molecular complexity index is 380. The van der Waals surface area contributed by atoms with Gasteiger partial charge in [-0.2, -0.15) is 0 Å². The minimum absolute atomic E-state index is 0.171. The maximum absolute atomic E-state index is 12.0. The zero-order valence-corrected chi connectivity index (χ0v) is 10.9. The number of aromatic nitrogens is 1. The van der Waals surface area contributed by atoms with E-state index in [1.54, 1.807) is 6.20 Å². The molecular weight excluding hydrogens is 226 g/mol. The number of pyridine rings is 1. The minimum atomic E-state index is 0.171. The van der Waals surface area contributed by atoms with Crippen LogP contribution in [-0.2, 0) is 11.2 Å². The molecule has 1 amide bonds. The molecule has 18 heavy (non-hydrogen) atoms. The number of amides is 1. The van der Waals surface area contributed by atoms with Crippen LogP contribution in [0.3, 0.4) is 0 Å². The molecule has 1 aromatic heterocycles. The summed E-state index contributed by atoms with van der Waals surface area (Å²) in [6, 6.07) is 6.31. The molecule has 1 saturated heterocycles. The van der Waals surface area contributed by atoms with Crippen molar-refractivity contribution < 1.29 is 4.79 Å². The topological polar surface area (TPSA) is 54.0 Å². The molecule has 1 aliphatic rings. The molecule has 0 saturated carbocycles. The fraction of sp³-hybridized carbons (Fsp3) is 0.571. The molecule has 4 nitrogen and oxygen atoms in total. The molecule has 0 radical (unpaired) electrons. The number of piperidine rings is 1. The van der Waals surface area contributed by atoms with Crippen molar-refractivity contribution in [1.29, 1.82) is 0 Å². The van der Waals surface area contributed by atoms with E-state index in [-0.39, 0.29) is 11.8 Å². The van der Waals surface area contributed by atoms with Gasteiger partial charge < -0.3 is 10.6 Å². The van der Waals surface area contributed by atoms with E-state index in [2.05, 4.69) is 22.5 Å². The van der Waals surface area contributed by atoms with Crippen LogP contribution in [0.15, 0.2) is 24.4 Å². The van der Waals surface area contributed by atoms with Gasteiger partial charge in [0.2, 0.25) is 5.91 Å². The molecule has 0 bridgehead atoms. The molecule has 1 aromatic rings. The first-order chi connectivity index (χ1) is 8.75. The van der Waals surface area contributed by atoms with Crippen molar-refractivity contribution in [2.75, 3.05) is 13.1 Å². The van der Waals surface area contributed by atoms with Crippen LogP contribution >= 0.6 is 0 Å². The van der Waals surface area contributed by atoms with E-state index in [1.165, 1.54) is 0 Å². The van der Waals surface area contributed by atoms with Crippen molar-refractivity contribution >= 4 is 5.91 Å². The third-order valence-corrected chi connectivity index (χ3v) is 3.40. The van der Waals surface area contributed by atoms with Crippen LogP contribution in [-0.4, -0.2) is 30.0 Å². The largest absolute Gasteiger partial charge is 0.355 e. The molecule has 0 aliphatic carbocycles. The second kappa shape index (κ2) is 6.50. The third kappa shape index (κ3) is 3.81. The lowest BCUT2D eigenvalue weighted by Gasteiger charge is -2.27. The standard InChI is InChI=1S/C14H21N3O/c1-11-10-12(5-8-15-11)14(18)17-9-6-13-4-2-3-7-16-13/h2-4,7,11-12,15H,5-6,8-10H2,1H3,(H,17,18)/t11-,12-/m0/s1. The number of nitrogens with zero attached hydrogens (tertiary/aromatic N) is 1. The third-order valence-electron chi connectivity index (χ3n) is 3.40. The highest BCUT2D eigenvalue weighted by atomic mass is 16.1. The van der Waals surface area contributed by atoms with Gasteiger partial charge in [0.15, 0.2) is 0 Å². The number of carbonyl (C=O) groups excluding carboxylic acids is 1. The van der Waals surface area contributed by atoms with E-state index in [4.69, 9.17) is 0 Å². The Morgan fingerprint density at radius 2 is 2.44 bits per heavy atom. The number of hydrogen-bond acceptors (Lipinski definition) is 3. The first-order valence-electron chi connectivity index (χ1n) is 6.66. The Morgan fingerprint density at radius 3 is 3.17 bits per heavy atom. The average molecular weight is 247 g/mol. The Labute approximate surface area is 108 Å². The highest BCUT2D eigenvalue weighted by molar-refractivity contribution is 5.78. The van der Waals surface area contributed by atoms with Crippen LogP contribution in [0.4, 0.5) is 0 Å². The molecule has 2 heterocycles. The molecule has 98 valence electrons. The number of carbonyl (C=O) groups is 1. The van der Waals surface area contributed by atoms with Gasteiger partial charge >= 0.3 is 0 Å². The summed E-state index contributed by atoms with van der Waals surface area (Å²) in [6.45, 7) is 3.75. The summed E-state index contributed by atoms with van der Waals surface area (Å²) in [5.41, 5.74) is 1.02. The Balaban J connectivity index is 1.71. The van der Waals surface area contributed by atoms with Crippen molar-refractivity contribution in [3.63, 3.8) is 0 Å². The maximum atomic E-state index is 12.0. The molecular formula is C14H21N3O. The lowest BCUT2D eigenvalue weighted by atomic mass is 9.92. The van der Waals surface area contributed by atoms with Gasteiger partial charge in [-0.3, -0.25) is 9.78 Å². The normalized spacial score (nSPS) is 23.6. The first-order valence-corrected chi connectivity index (χ1v) is 6.66. The van der Waals surface area contributed by atoms with Crippen LogP contribution in [0.1, 0.15) is 25.5 Å². The van der Waals surface area contributed by atoms with Crippen molar-refractivity contribution in [1.82, 2.24) is 15.6 Å². The summed E-state index contributed by atoms with van der Waals surface area (Å²) in [5.74, 6) is 0.365. The highest BCUT2D eigenvalue weighted by Crippen LogP contribution is 2.15. The molecule has 0 spiro atoms. The molecule has 1 fully saturated rings. The SMILES string of the molecule is C[C@H]1C[C@@H](C(=O)NCCc2ccccn2)CCN1. The van der Waals surface area contributed by atoms with Gasteiger partial charge in [0, 0.05) is 36.8 Å². The summed E-state index contributed by atoms with van der Waals surface area (Å²) in [5, 5.41) is 6.37. The molecule has 2 atom stereocenters. The Kier molecular flexibility index (Phi) is 4.70. The van der Waals surface area contributed by atoms with Crippen LogP contribution in [0, 0.1) is 5.92 Å². The quantitative estimate of drug-likeness (QED) is 0.838. The van der Waals surface area contributed by atoms with Crippen LogP contribution in [0.2, 0.25) is 0 Å². The molecule has 0 unspecified atom stereocenters.